The van der Waals surface area contributed by atoms with Crippen molar-refractivity contribution in [2.45, 2.75) is 31.1 Å². The number of para-hydroxylation sites is 1. The molecule has 1 aromatic carbocycles. The fraction of sp³-hybridized carbons (Fsp3) is 0.500. The van der Waals surface area contributed by atoms with E-state index in [1.807, 2.05) is 42.1 Å². The van der Waals surface area contributed by atoms with E-state index in [1.165, 1.54) is 0 Å². The van der Waals surface area contributed by atoms with Crippen LogP contribution >= 0.6 is 11.8 Å². The molecule has 0 aliphatic carbocycles. The largest absolute Gasteiger partial charge is 0.377 e. The maximum absolute atomic E-state index is 11.7. The van der Waals surface area contributed by atoms with Gasteiger partial charge in [-0.05, 0) is 25.5 Å². The highest BCUT2D eigenvalue weighted by Gasteiger charge is 2.24. The van der Waals surface area contributed by atoms with Crippen LogP contribution in [0, 0.1) is 0 Å². The highest BCUT2D eigenvalue weighted by atomic mass is 32.2. The number of thioether (sulfide) groups is 1. The first-order valence-corrected chi connectivity index (χ1v) is 7.38. The van der Waals surface area contributed by atoms with Crippen molar-refractivity contribution in [3.8, 4) is 0 Å². The molecule has 18 heavy (non-hydrogen) atoms. The minimum atomic E-state index is 0.0836. The summed E-state index contributed by atoms with van der Waals surface area (Å²) in [6.45, 7) is 2.96. The van der Waals surface area contributed by atoms with Crippen molar-refractivity contribution in [1.29, 1.82) is 0 Å². The van der Waals surface area contributed by atoms with Crippen molar-refractivity contribution in [3.05, 3.63) is 30.3 Å². The van der Waals surface area contributed by atoms with Crippen LogP contribution in [0.2, 0.25) is 0 Å². The first-order valence-electron chi connectivity index (χ1n) is 6.34. The molecule has 2 rings (SSSR count). The Labute approximate surface area is 112 Å². The minimum absolute atomic E-state index is 0.0836. The quantitative estimate of drug-likeness (QED) is 0.889. The minimum Gasteiger partial charge on any atom is -0.377 e. The van der Waals surface area contributed by atoms with E-state index in [4.69, 9.17) is 4.74 Å². The molecule has 0 bridgehead atoms. The summed E-state index contributed by atoms with van der Waals surface area (Å²) >= 11 is 1.85. The number of hydrogen-bond donors (Lipinski definition) is 1. The van der Waals surface area contributed by atoms with Crippen molar-refractivity contribution in [3.63, 3.8) is 0 Å². The molecule has 0 radical (unpaired) electrons. The molecule has 0 spiro atoms. The van der Waals surface area contributed by atoms with Gasteiger partial charge in [-0.15, -0.1) is 0 Å². The van der Waals surface area contributed by atoms with Crippen molar-refractivity contribution in [2.75, 3.05) is 17.7 Å². The summed E-state index contributed by atoms with van der Waals surface area (Å²) in [5, 5.41) is 3.45. The Balaban J connectivity index is 1.66. The molecule has 3 nitrogen and oxygen atoms in total. The van der Waals surface area contributed by atoms with E-state index in [0.29, 0.717) is 17.8 Å². The average molecular weight is 265 g/mol. The first-order chi connectivity index (χ1) is 8.75. The number of hydrogen-bond acceptors (Lipinski definition) is 3. The second kappa shape index (κ2) is 6.81. The highest BCUT2D eigenvalue weighted by Crippen LogP contribution is 2.26. The molecule has 2 unspecified atom stereocenters. The number of nitrogens with one attached hydrogen (secondary N) is 1. The number of benzene rings is 1. The van der Waals surface area contributed by atoms with Crippen LogP contribution in [-0.2, 0) is 9.53 Å². The van der Waals surface area contributed by atoms with Gasteiger partial charge in [0, 0.05) is 29.7 Å². The Bertz CT molecular complexity index is 383. The number of rotatable bonds is 5. The second-order valence-electron chi connectivity index (χ2n) is 4.44. The lowest BCUT2D eigenvalue weighted by molar-refractivity contribution is -0.115. The number of amides is 1. The van der Waals surface area contributed by atoms with Gasteiger partial charge in [-0.25, -0.2) is 0 Å². The molecule has 1 aliphatic rings. The fourth-order valence-electron chi connectivity index (χ4n) is 1.98. The molecule has 4 heteroatoms. The van der Waals surface area contributed by atoms with Gasteiger partial charge in [0.2, 0.25) is 5.91 Å². The average Bonchev–Trinajstić information content (AvgIpc) is 2.76. The van der Waals surface area contributed by atoms with Gasteiger partial charge in [0.25, 0.3) is 0 Å². The first kappa shape index (κ1) is 13.4. The van der Waals surface area contributed by atoms with Gasteiger partial charge in [0.15, 0.2) is 0 Å². The van der Waals surface area contributed by atoms with E-state index in [2.05, 4.69) is 12.2 Å². The summed E-state index contributed by atoms with van der Waals surface area (Å²) < 4.78 is 5.50. The number of anilines is 1. The van der Waals surface area contributed by atoms with Crippen molar-refractivity contribution in [2.24, 2.45) is 0 Å². The molecule has 0 aromatic heterocycles. The summed E-state index contributed by atoms with van der Waals surface area (Å²) in [5.41, 5.74) is 0.866. The Hall–Kier alpha value is -1.00. The maximum Gasteiger partial charge on any atom is 0.225 e. The van der Waals surface area contributed by atoms with E-state index < -0.39 is 0 Å². The van der Waals surface area contributed by atoms with Gasteiger partial charge in [-0.3, -0.25) is 4.79 Å². The SMILES string of the molecule is CC1OCCC1SCCC(=O)Nc1ccccc1. The zero-order valence-corrected chi connectivity index (χ0v) is 11.4. The lowest BCUT2D eigenvalue weighted by Crippen LogP contribution is -2.16. The molecular weight excluding hydrogens is 246 g/mol. The van der Waals surface area contributed by atoms with Crippen molar-refractivity contribution < 1.29 is 9.53 Å². The van der Waals surface area contributed by atoms with E-state index in [1.54, 1.807) is 0 Å². The standard InChI is InChI=1S/C14H19NO2S/c1-11-13(7-9-17-11)18-10-8-14(16)15-12-5-3-2-4-6-12/h2-6,11,13H,7-10H2,1H3,(H,15,16). The van der Waals surface area contributed by atoms with Crippen LogP contribution in [0.4, 0.5) is 5.69 Å². The third-order valence-corrected chi connectivity index (χ3v) is 4.51. The highest BCUT2D eigenvalue weighted by molar-refractivity contribution is 7.99. The van der Waals surface area contributed by atoms with Crippen LogP contribution < -0.4 is 5.32 Å². The zero-order valence-electron chi connectivity index (χ0n) is 10.6. The third-order valence-electron chi connectivity index (χ3n) is 3.03. The van der Waals surface area contributed by atoms with Gasteiger partial charge >= 0.3 is 0 Å². The summed E-state index contributed by atoms with van der Waals surface area (Å²) in [5.74, 6) is 0.942. The summed E-state index contributed by atoms with van der Waals surface area (Å²) in [6, 6.07) is 9.58. The monoisotopic (exact) mass is 265 g/mol. The van der Waals surface area contributed by atoms with E-state index in [0.717, 1.165) is 24.5 Å². The predicted molar refractivity (Wildman–Crippen MR) is 76.0 cm³/mol. The van der Waals surface area contributed by atoms with Gasteiger partial charge in [-0.2, -0.15) is 11.8 Å². The lowest BCUT2D eigenvalue weighted by Gasteiger charge is -2.13. The Morgan fingerprint density at radius 2 is 2.22 bits per heavy atom. The number of ether oxygens (including phenoxy) is 1. The van der Waals surface area contributed by atoms with Crippen molar-refractivity contribution >= 4 is 23.4 Å². The summed E-state index contributed by atoms with van der Waals surface area (Å²) in [6.07, 6.45) is 1.99. The third kappa shape index (κ3) is 4.03. The molecule has 1 fully saturated rings. The van der Waals surface area contributed by atoms with E-state index >= 15 is 0 Å². The molecule has 2 atom stereocenters. The predicted octanol–water partition coefficient (Wildman–Crippen LogP) is 2.93. The Morgan fingerprint density at radius 1 is 1.44 bits per heavy atom. The Morgan fingerprint density at radius 3 is 2.89 bits per heavy atom. The van der Waals surface area contributed by atoms with Crippen LogP contribution in [0.15, 0.2) is 30.3 Å². The van der Waals surface area contributed by atoms with E-state index in [9.17, 15) is 4.79 Å². The molecule has 1 amide bonds. The lowest BCUT2D eigenvalue weighted by atomic mass is 10.3. The molecule has 1 aliphatic heterocycles. The van der Waals surface area contributed by atoms with Gasteiger partial charge < -0.3 is 10.1 Å². The number of carbonyl (C=O) groups is 1. The van der Waals surface area contributed by atoms with Crippen LogP contribution in [-0.4, -0.2) is 29.6 Å². The Kier molecular flexibility index (Phi) is 5.08. The molecule has 1 aromatic rings. The molecule has 1 heterocycles. The smallest absolute Gasteiger partial charge is 0.225 e. The molecule has 1 saturated heterocycles. The normalized spacial score (nSPS) is 22.9. The van der Waals surface area contributed by atoms with Gasteiger partial charge in [0.1, 0.15) is 0 Å². The van der Waals surface area contributed by atoms with Gasteiger partial charge in [-0.1, -0.05) is 18.2 Å². The summed E-state index contributed by atoms with van der Waals surface area (Å²) in [4.78, 5) is 11.7. The molecule has 1 N–H and O–H groups in total. The van der Waals surface area contributed by atoms with Crippen LogP contribution in [0.3, 0.4) is 0 Å². The molecule has 98 valence electrons. The van der Waals surface area contributed by atoms with Crippen LogP contribution in [0.25, 0.3) is 0 Å². The summed E-state index contributed by atoms with van der Waals surface area (Å²) in [7, 11) is 0. The van der Waals surface area contributed by atoms with E-state index in [-0.39, 0.29) is 5.91 Å². The van der Waals surface area contributed by atoms with Gasteiger partial charge in [0.05, 0.1) is 6.10 Å². The number of carbonyl (C=O) groups excluding carboxylic acids is 1. The maximum atomic E-state index is 11.7. The zero-order chi connectivity index (χ0) is 12.8. The van der Waals surface area contributed by atoms with Crippen LogP contribution in [0.5, 0.6) is 0 Å². The molecule has 0 saturated carbocycles. The second-order valence-corrected chi connectivity index (χ2v) is 5.79. The molecular formula is C14H19NO2S. The van der Waals surface area contributed by atoms with Crippen LogP contribution in [0.1, 0.15) is 19.8 Å². The van der Waals surface area contributed by atoms with Crippen molar-refractivity contribution in [1.82, 2.24) is 0 Å². The fourth-order valence-corrected chi connectivity index (χ4v) is 3.20. The topological polar surface area (TPSA) is 38.3 Å².